The molecule has 0 fully saturated rings. The molecule has 1 rings (SSSR count). The van der Waals surface area contributed by atoms with Crippen LogP contribution in [0, 0.1) is 0 Å². The van der Waals surface area contributed by atoms with Gasteiger partial charge < -0.3 is 0 Å². The van der Waals surface area contributed by atoms with E-state index in [1.165, 1.54) is 0 Å². The Morgan fingerprint density at radius 1 is 1.43 bits per heavy atom. The zero-order chi connectivity index (χ0) is 10.4. The summed E-state index contributed by atoms with van der Waals surface area (Å²) >= 11 is 0. The number of nitrogens with zero attached hydrogens (tertiary/aromatic N) is 2. The van der Waals surface area contributed by atoms with E-state index in [-0.39, 0.29) is 12.2 Å². The van der Waals surface area contributed by atoms with E-state index in [0.29, 0.717) is 5.69 Å². The van der Waals surface area contributed by atoms with Crippen LogP contribution in [-0.2, 0) is 21.2 Å². The third-order valence-corrected chi connectivity index (χ3v) is 2.59. The van der Waals surface area contributed by atoms with E-state index in [1.54, 1.807) is 24.4 Å². The molecule has 0 aromatic carbocycles. The molecule has 0 bridgehead atoms. The van der Waals surface area contributed by atoms with Crippen molar-refractivity contribution in [3.63, 3.8) is 0 Å². The van der Waals surface area contributed by atoms with Crippen molar-refractivity contribution < 1.29 is 13.2 Å². The number of pyridine rings is 1. The summed E-state index contributed by atoms with van der Waals surface area (Å²) in [6.07, 6.45) is 2.83. The molecule has 1 heterocycles. The first-order valence-electron chi connectivity index (χ1n) is 3.86. The predicted octanol–water partition coefficient (Wildman–Crippen LogP) is 0.290. The normalized spacial score (nSPS) is 10.6. The van der Waals surface area contributed by atoms with E-state index in [1.807, 2.05) is 0 Å². The van der Waals surface area contributed by atoms with Crippen molar-refractivity contribution in [1.29, 1.82) is 0 Å². The Balaban J connectivity index is 2.62. The van der Waals surface area contributed by atoms with Gasteiger partial charge in [-0.2, -0.15) is 0 Å². The second-order valence-electron chi connectivity index (χ2n) is 2.54. The van der Waals surface area contributed by atoms with Crippen LogP contribution in [0.2, 0.25) is 0 Å². The Hall–Kier alpha value is -1.52. The molecule has 5 nitrogen and oxygen atoms in total. The largest absolute Gasteiger partial charge is 0.263 e. The first-order chi connectivity index (χ1) is 6.64. The highest BCUT2D eigenvalue weighted by atomic mass is 32.2. The number of aromatic nitrogens is 1. The van der Waals surface area contributed by atoms with E-state index in [0.717, 1.165) is 6.08 Å². The second kappa shape index (κ2) is 4.64. The van der Waals surface area contributed by atoms with Gasteiger partial charge in [-0.1, -0.05) is 10.5 Å². The molecule has 0 atom stereocenters. The fourth-order valence-electron chi connectivity index (χ4n) is 0.882. The van der Waals surface area contributed by atoms with Gasteiger partial charge >= 0.3 is 0 Å². The molecule has 0 aliphatic heterocycles. The van der Waals surface area contributed by atoms with E-state index >= 15 is 0 Å². The van der Waals surface area contributed by atoms with Crippen molar-refractivity contribution in [3.8, 4) is 0 Å². The lowest BCUT2D eigenvalue weighted by molar-refractivity contribution is 0.563. The van der Waals surface area contributed by atoms with Crippen molar-refractivity contribution >= 4 is 16.1 Å². The molecule has 1 aromatic heterocycles. The summed E-state index contributed by atoms with van der Waals surface area (Å²) in [5, 5.41) is 0. The van der Waals surface area contributed by atoms with E-state index in [4.69, 9.17) is 0 Å². The van der Waals surface area contributed by atoms with Crippen molar-refractivity contribution in [3.05, 3.63) is 30.1 Å². The average molecular weight is 212 g/mol. The minimum absolute atomic E-state index is 0.223. The van der Waals surface area contributed by atoms with Crippen LogP contribution in [0.15, 0.2) is 28.8 Å². The zero-order valence-electron chi connectivity index (χ0n) is 7.25. The Bertz CT molecular complexity index is 435. The molecule has 74 valence electrons. The number of isocyanates is 1. The molecule has 0 radical (unpaired) electrons. The summed E-state index contributed by atoms with van der Waals surface area (Å²) in [6.45, 7) is 0. The first-order valence-corrected chi connectivity index (χ1v) is 5.47. The summed E-state index contributed by atoms with van der Waals surface area (Å²) in [5.41, 5.74) is 0.650. The highest BCUT2D eigenvalue weighted by Crippen LogP contribution is 1.99. The molecule has 14 heavy (non-hydrogen) atoms. The molecule has 0 aliphatic carbocycles. The van der Waals surface area contributed by atoms with Gasteiger partial charge in [0.1, 0.15) is 0 Å². The standard InChI is InChI=1S/C8H8N2O3S/c11-7-10-14(12,13)6-4-8-3-1-2-5-9-8/h1-3,5H,4,6H2. The summed E-state index contributed by atoms with van der Waals surface area (Å²) in [5.74, 6) is -0.223. The van der Waals surface area contributed by atoms with Crippen LogP contribution >= 0.6 is 0 Å². The summed E-state index contributed by atoms with van der Waals surface area (Å²) < 4.78 is 24.6. The van der Waals surface area contributed by atoms with Crippen molar-refractivity contribution in [2.75, 3.05) is 5.75 Å². The third-order valence-electron chi connectivity index (χ3n) is 1.52. The fraction of sp³-hybridized carbons (Fsp3) is 0.250. The van der Waals surface area contributed by atoms with Crippen LogP contribution in [0.4, 0.5) is 0 Å². The lowest BCUT2D eigenvalue weighted by Gasteiger charge is -1.96. The average Bonchev–Trinajstić information content (AvgIpc) is 2.17. The second-order valence-corrected chi connectivity index (χ2v) is 4.29. The lowest BCUT2D eigenvalue weighted by Crippen LogP contribution is -2.06. The minimum atomic E-state index is -3.67. The molecule has 0 amide bonds. The van der Waals surface area contributed by atoms with Gasteiger partial charge in [-0.3, -0.25) is 4.98 Å². The third kappa shape index (κ3) is 3.47. The van der Waals surface area contributed by atoms with Crippen LogP contribution in [0.5, 0.6) is 0 Å². The number of hydrogen-bond acceptors (Lipinski definition) is 4. The van der Waals surface area contributed by atoms with Gasteiger partial charge in [-0.15, -0.1) is 0 Å². The number of aryl methyl sites for hydroxylation is 1. The Labute approximate surface area is 81.6 Å². The number of hydrogen-bond donors (Lipinski definition) is 0. The van der Waals surface area contributed by atoms with Crippen LogP contribution < -0.4 is 0 Å². The van der Waals surface area contributed by atoms with Gasteiger partial charge in [-0.25, -0.2) is 13.2 Å². The van der Waals surface area contributed by atoms with Gasteiger partial charge in [0, 0.05) is 18.3 Å². The van der Waals surface area contributed by atoms with Crippen LogP contribution in [0.3, 0.4) is 0 Å². The van der Waals surface area contributed by atoms with Gasteiger partial charge in [-0.05, 0) is 12.1 Å². The Morgan fingerprint density at radius 3 is 2.79 bits per heavy atom. The molecule has 0 spiro atoms. The van der Waals surface area contributed by atoms with Gasteiger partial charge in [0.05, 0.1) is 5.75 Å². The predicted molar refractivity (Wildman–Crippen MR) is 49.8 cm³/mol. The van der Waals surface area contributed by atoms with Gasteiger partial charge in [0.15, 0.2) is 0 Å². The molecular formula is C8H8N2O3S. The maximum absolute atomic E-state index is 10.9. The quantitative estimate of drug-likeness (QED) is 0.531. The smallest absolute Gasteiger partial charge is 0.261 e. The topological polar surface area (TPSA) is 76.5 Å². The first kappa shape index (κ1) is 10.6. The van der Waals surface area contributed by atoms with E-state index < -0.39 is 10.0 Å². The summed E-state index contributed by atoms with van der Waals surface area (Å²) in [7, 11) is -3.67. The fourth-order valence-corrected chi connectivity index (χ4v) is 1.55. The monoisotopic (exact) mass is 212 g/mol. The molecule has 0 saturated heterocycles. The van der Waals surface area contributed by atoms with E-state index in [9.17, 15) is 13.2 Å². The van der Waals surface area contributed by atoms with Crippen LogP contribution in [0.1, 0.15) is 5.69 Å². The molecule has 0 N–H and O–H groups in total. The SMILES string of the molecule is O=C=NS(=O)(=O)CCc1ccccn1. The molecule has 1 aromatic rings. The van der Waals surface area contributed by atoms with Crippen molar-refractivity contribution in [2.45, 2.75) is 6.42 Å². The van der Waals surface area contributed by atoms with Crippen LogP contribution in [0.25, 0.3) is 0 Å². The highest BCUT2D eigenvalue weighted by molar-refractivity contribution is 7.90. The van der Waals surface area contributed by atoms with E-state index in [2.05, 4.69) is 9.38 Å². The minimum Gasteiger partial charge on any atom is -0.261 e. The molecule has 0 unspecified atom stereocenters. The molecular weight excluding hydrogens is 204 g/mol. The lowest BCUT2D eigenvalue weighted by atomic mass is 10.3. The zero-order valence-corrected chi connectivity index (χ0v) is 8.07. The van der Waals surface area contributed by atoms with Gasteiger partial charge in [0.25, 0.3) is 16.1 Å². The molecule has 6 heteroatoms. The van der Waals surface area contributed by atoms with Crippen molar-refractivity contribution in [2.24, 2.45) is 4.40 Å². The number of rotatable bonds is 4. The van der Waals surface area contributed by atoms with Gasteiger partial charge in [0.2, 0.25) is 0 Å². The summed E-state index contributed by atoms with van der Waals surface area (Å²) in [6, 6.07) is 5.21. The van der Waals surface area contributed by atoms with Crippen LogP contribution in [-0.4, -0.2) is 25.2 Å². The maximum Gasteiger partial charge on any atom is 0.263 e. The number of carbonyl (C=O) groups excluding carboxylic acids is 1. The number of sulfonamides is 1. The van der Waals surface area contributed by atoms with Crippen molar-refractivity contribution in [1.82, 2.24) is 4.98 Å². The Morgan fingerprint density at radius 2 is 2.21 bits per heavy atom. The Kier molecular flexibility index (Phi) is 3.50. The molecule has 0 aliphatic rings. The maximum atomic E-state index is 10.9. The summed E-state index contributed by atoms with van der Waals surface area (Å²) in [4.78, 5) is 13.7. The molecule has 0 saturated carbocycles. The highest BCUT2D eigenvalue weighted by Gasteiger charge is 2.08.